The molecule has 1 fully saturated rings. The molecule has 1 aromatic carbocycles. The van der Waals surface area contributed by atoms with Gasteiger partial charge in [-0.05, 0) is 32.4 Å². The molecule has 0 bridgehead atoms. The molecule has 1 amide bonds. The molecule has 7 nitrogen and oxygen atoms in total. The lowest BCUT2D eigenvalue weighted by Crippen LogP contribution is -2.36. The largest absolute Gasteiger partial charge is 0.481 e. The number of rotatable bonds is 6. The summed E-state index contributed by atoms with van der Waals surface area (Å²) in [5, 5.41) is 16.5. The van der Waals surface area contributed by atoms with E-state index >= 15 is 0 Å². The molecule has 0 saturated carbocycles. The summed E-state index contributed by atoms with van der Waals surface area (Å²) in [7, 11) is 0. The zero-order valence-corrected chi connectivity index (χ0v) is 15.1. The maximum atomic E-state index is 12.4. The first-order chi connectivity index (χ1) is 12.4. The van der Waals surface area contributed by atoms with Crippen LogP contribution in [0.4, 0.5) is 5.82 Å². The molecule has 1 unspecified atom stereocenters. The molecule has 1 aliphatic rings. The van der Waals surface area contributed by atoms with E-state index in [2.05, 4.69) is 16.5 Å². The summed E-state index contributed by atoms with van der Waals surface area (Å²) in [6.45, 7) is 5.51. The molecule has 1 aromatic heterocycles. The monoisotopic (exact) mass is 356 g/mol. The number of benzene rings is 1. The van der Waals surface area contributed by atoms with Crippen molar-refractivity contribution in [1.82, 2.24) is 14.7 Å². The third-order valence-electron chi connectivity index (χ3n) is 4.83. The lowest BCUT2D eigenvalue weighted by molar-refractivity contribution is -0.147. The molecule has 0 spiro atoms. The van der Waals surface area contributed by atoms with Crippen LogP contribution in [-0.2, 0) is 16.1 Å². The Morgan fingerprint density at radius 1 is 1.35 bits per heavy atom. The SMILES string of the molecule is Cc1cccc(Cn2nccc2NC(=O)CN2CCC(C)(C(=O)O)C2)c1. The molecule has 0 aliphatic carbocycles. The Bertz CT molecular complexity index is 817. The summed E-state index contributed by atoms with van der Waals surface area (Å²) < 4.78 is 1.75. The highest BCUT2D eigenvalue weighted by atomic mass is 16.4. The van der Waals surface area contributed by atoms with Gasteiger partial charge in [-0.1, -0.05) is 29.8 Å². The van der Waals surface area contributed by atoms with Gasteiger partial charge >= 0.3 is 5.97 Å². The Balaban J connectivity index is 1.59. The second-order valence-electron chi connectivity index (χ2n) is 7.24. The van der Waals surface area contributed by atoms with Gasteiger partial charge in [0.05, 0.1) is 24.7 Å². The van der Waals surface area contributed by atoms with Crippen molar-refractivity contribution in [3.8, 4) is 0 Å². The van der Waals surface area contributed by atoms with E-state index in [9.17, 15) is 14.7 Å². The van der Waals surface area contributed by atoms with Crippen molar-refractivity contribution in [2.24, 2.45) is 5.41 Å². The second-order valence-corrected chi connectivity index (χ2v) is 7.24. The van der Waals surface area contributed by atoms with Gasteiger partial charge in [-0.25, -0.2) is 4.68 Å². The molecular weight excluding hydrogens is 332 g/mol. The number of carboxylic acids is 1. The third-order valence-corrected chi connectivity index (χ3v) is 4.83. The van der Waals surface area contributed by atoms with Crippen molar-refractivity contribution in [2.75, 3.05) is 25.0 Å². The summed E-state index contributed by atoms with van der Waals surface area (Å²) in [5.74, 6) is -0.334. The van der Waals surface area contributed by atoms with E-state index in [1.54, 1.807) is 23.9 Å². The quantitative estimate of drug-likeness (QED) is 0.826. The van der Waals surface area contributed by atoms with Crippen molar-refractivity contribution >= 4 is 17.7 Å². The Kier molecular flexibility index (Phi) is 5.08. The Morgan fingerprint density at radius 2 is 2.15 bits per heavy atom. The molecule has 3 rings (SSSR count). The molecular formula is C19H24N4O3. The second kappa shape index (κ2) is 7.29. The molecule has 26 heavy (non-hydrogen) atoms. The van der Waals surface area contributed by atoms with E-state index in [1.807, 2.05) is 30.0 Å². The van der Waals surface area contributed by atoms with Gasteiger partial charge < -0.3 is 10.4 Å². The number of hydrogen-bond donors (Lipinski definition) is 2. The Labute approximate surface area is 152 Å². The number of hydrogen-bond acceptors (Lipinski definition) is 4. The van der Waals surface area contributed by atoms with E-state index in [4.69, 9.17) is 0 Å². The summed E-state index contributed by atoms with van der Waals surface area (Å²) in [6.07, 6.45) is 2.21. The van der Waals surface area contributed by atoms with E-state index in [1.165, 1.54) is 5.56 Å². The van der Waals surface area contributed by atoms with Gasteiger partial charge in [-0.15, -0.1) is 0 Å². The van der Waals surface area contributed by atoms with Gasteiger partial charge in [0.2, 0.25) is 5.91 Å². The lowest BCUT2D eigenvalue weighted by atomic mass is 9.90. The van der Waals surface area contributed by atoms with Gasteiger partial charge in [-0.3, -0.25) is 14.5 Å². The standard InChI is InChI=1S/C19H24N4O3/c1-14-4-3-5-15(10-14)11-23-16(6-8-20-23)21-17(24)12-22-9-7-19(2,13-22)18(25)26/h3-6,8,10H,7,9,11-13H2,1-2H3,(H,21,24)(H,25,26). The number of carbonyl (C=O) groups is 2. The first-order valence-corrected chi connectivity index (χ1v) is 8.69. The van der Waals surface area contributed by atoms with Crippen LogP contribution in [0, 0.1) is 12.3 Å². The Hall–Kier alpha value is -2.67. The third kappa shape index (κ3) is 4.11. The van der Waals surface area contributed by atoms with Crippen LogP contribution in [0.25, 0.3) is 0 Å². The van der Waals surface area contributed by atoms with E-state index in [0.29, 0.717) is 31.9 Å². The molecule has 7 heteroatoms. The van der Waals surface area contributed by atoms with Crippen LogP contribution in [-0.4, -0.2) is 51.3 Å². The minimum Gasteiger partial charge on any atom is -0.481 e. The minimum absolute atomic E-state index is 0.161. The summed E-state index contributed by atoms with van der Waals surface area (Å²) >= 11 is 0. The highest BCUT2D eigenvalue weighted by molar-refractivity contribution is 5.91. The number of aliphatic carboxylic acids is 1. The fraction of sp³-hybridized carbons (Fsp3) is 0.421. The maximum absolute atomic E-state index is 12.4. The van der Waals surface area contributed by atoms with Crippen LogP contribution in [0.5, 0.6) is 0 Å². The van der Waals surface area contributed by atoms with Crippen molar-refractivity contribution in [1.29, 1.82) is 0 Å². The van der Waals surface area contributed by atoms with Gasteiger partial charge in [0, 0.05) is 12.6 Å². The molecule has 0 radical (unpaired) electrons. The molecule has 2 heterocycles. The van der Waals surface area contributed by atoms with Crippen LogP contribution in [0.15, 0.2) is 36.5 Å². The number of likely N-dealkylation sites (tertiary alicyclic amines) is 1. The molecule has 1 atom stereocenters. The predicted octanol–water partition coefficient (Wildman–Crippen LogP) is 1.97. The number of nitrogens with one attached hydrogen (secondary N) is 1. The first kappa shape index (κ1) is 18.1. The molecule has 1 saturated heterocycles. The number of carboxylic acid groups (broad SMARTS) is 1. The van der Waals surface area contributed by atoms with E-state index in [-0.39, 0.29) is 12.5 Å². The fourth-order valence-corrected chi connectivity index (χ4v) is 3.30. The smallest absolute Gasteiger partial charge is 0.310 e. The molecule has 2 N–H and O–H groups in total. The number of aryl methyl sites for hydroxylation is 1. The van der Waals surface area contributed by atoms with Gasteiger partial charge in [0.25, 0.3) is 0 Å². The van der Waals surface area contributed by atoms with Crippen LogP contribution < -0.4 is 5.32 Å². The van der Waals surface area contributed by atoms with E-state index < -0.39 is 11.4 Å². The van der Waals surface area contributed by atoms with Crippen LogP contribution in [0.3, 0.4) is 0 Å². The average Bonchev–Trinajstić information content (AvgIpc) is 3.15. The van der Waals surface area contributed by atoms with Gasteiger partial charge in [0.15, 0.2) is 0 Å². The average molecular weight is 356 g/mol. The van der Waals surface area contributed by atoms with Crippen molar-refractivity contribution < 1.29 is 14.7 Å². The maximum Gasteiger partial charge on any atom is 0.310 e. The van der Waals surface area contributed by atoms with Crippen molar-refractivity contribution in [2.45, 2.75) is 26.8 Å². The zero-order chi connectivity index (χ0) is 18.7. The summed E-state index contributed by atoms with van der Waals surface area (Å²) in [6, 6.07) is 9.91. The lowest BCUT2D eigenvalue weighted by Gasteiger charge is -2.19. The minimum atomic E-state index is -0.809. The van der Waals surface area contributed by atoms with Crippen molar-refractivity contribution in [3.05, 3.63) is 47.7 Å². The summed E-state index contributed by atoms with van der Waals surface area (Å²) in [5.41, 5.74) is 1.52. The van der Waals surface area contributed by atoms with Gasteiger partial charge in [0.1, 0.15) is 5.82 Å². The number of aromatic nitrogens is 2. The normalized spacial score (nSPS) is 20.2. The number of carbonyl (C=O) groups excluding carboxylic acids is 1. The molecule has 1 aliphatic heterocycles. The number of nitrogens with zero attached hydrogens (tertiary/aromatic N) is 3. The summed E-state index contributed by atoms with van der Waals surface area (Å²) in [4.78, 5) is 25.6. The van der Waals surface area contributed by atoms with Crippen molar-refractivity contribution in [3.63, 3.8) is 0 Å². The Morgan fingerprint density at radius 3 is 2.85 bits per heavy atom. The highest BCUT2D eigenvalue weighted by Crippen LogP contribution is 2.29. The van der Waals surface area contributed by atoms with Gasteiger partial charge in [-0.2, -0.15) is 5.10 Å². The van der Waals surface area contributed by atoms with Crippen LogP contribution >= 0.6 is 0 Å². The first-order valence-electron chi connectivity index (χ1n) is 8.69. The predicted molar refractivity (Wildman–Crippen MR) is 97.9 cm³/mol. The number of anilines is 1. The highest BCUT2D eigenvalue weighted by Gasteiger charge is 2.40. The topological polar surface area (TPSA) is 87.5 Å². The fourth-order valence-electron chi connectivity index (χ4n) is 3.30. The van der Waals surface area contributed by atoms with E-state index in [0.717, 1.165) is 5.56 Å². The number of amides is 1. The van der Waals surface area contributed by atoms with Crippen LogP contribution in [0.1, 0.15) is 24.5 Å². The molecule has 138 valence electrons. The zero-order valence-electron chi connectivity index (χ0n) is 15.1. The molecule has 2 aromatic rings. The van der Waals surface area contributed by atoms with Crippen LogP contribution in [0.2, 0.25) is 0 Å².